The minimum Gasteiger partial charge on any atom is -0.384 e. The zero-order valence-electron chi connectivity index (χ0n) is 9.19. The maximum atomic E-state index is 13.4. The van der Waals surface area contributed by atoms with Gasteiger partial charge in [0, 0.05) is 11.8 Å². The van der Waals surface area contributed by atoms with E-state index in [1.165, 1.54) is 30.5 Å². The molecule has 0 saturated carbocycles. The average molecular weight is 235 g/mol. The predicted octanol–water partition coefficient (Wildman–Crippen LogP) is 2.75. The summed E-state index contributed by atoms with van der Waals surface area (Å²) < 4.78 is 26.5. The van der Waals surface area contributed by atoms with E-state index in [2.05, 4.69) is 4.98 Å². The van der Waals surface area contributed by atoms with Crippen molar-refractivity contribution in [1.82, 2.24) is 4.98 Å². The van der Waals surface area contributed by atoms with Crippen LogP contribution in [-0.4, -0.2) is 10.1 Å². The molecule has 1 aromatic carbocycles. The number of aromatic nitrogens is 1. The molecule has 2 aromatic rings. The molecule has 0 fully saturated rings. The van der Waals surface area contributed by atoms with Crippen LogP contribution in [0.4, 0.5) is 8.78 Å². The topological polar surface area (TPSA) is 33.1 Å². The average Bonchev–Trinajstić information content (AvgIpc) is 2.32. The molecule has 17 heavy (non-hydrogen) atoms. The quantitative estimate of drug-likeness (QED) is 0.868. The Hall–Kier alpha value is -1.81. The molecule has 0 saturated heterocycles. The lowest BCUT2D eigenvalue weighted by Crippen LogP contribution is -2.03. The Balaban J connectivity index is 2.40. The second-order valence-corrected chi connectivity index (χ2v) is 3.81. The zero-order chi connectivity index (χ0) is 12.4. The van der Waals surface area contributed by atoms with Crippen LogP contribution < -0.4 is 0 Å². The van der Waals surface area contributed by atoms with E-state index in [0.717, 1.165) is 6.20 Å². The molecule has 1 atom stereocenters. The Bertz CT molecular complexity index is 543. The lowest BCUT2D eigenvalue weighted by Gasteiger charge is -2.12. The standard InChI is InChI=1S/C13H11F2NO/c1-8-6-9(2-3-11(8)14)13(17)10-4-5-16-7-12(10)15/h2-7,13,17H,1H3. The third kappa shape index (κ3) is 2.31. The second kappa shape index (κ2) is 4.59. The molecule has 0 radical (unpaired) electrons. The Labute approximate surface area is 97.6 Å². The summed E-state index contributed by atoms with van der Waals surface area (Å²) in [6.45, 7) is 1.59. The second-order valence-electron chi connectivity index (χ2n) is 3.81. The van der Waals surface area contributed by atoms with Crippen LogP contribution in [0.1, 0.15) is 22.8 Å². The Kier molecular flexibility index (Phi) is 3.15. The molecule has 1 unspecified atom stereocenters. The van der Waals surface area contributed by atoms with Gasteiger partial charge in [0.25, 0.3) is 0 Å². The summed E-state index contributed by atoms with van der Waals surface area (Å²) in [5.74, 6) is -0.932. The number of aliphatic hydroxyl groups excluding tert-OH is 1. The van der Waals surface area contributed by atoms with E-state index in [-0.39, 0.29) is 11.4 Å². The van der Waals surface area contributed by atoms with Crippen LogP contribution in [0.25, 0.3) is 0 Å². The maximum Gasteiger partial charge on any atom is 0.147 e. The van der Waals surface area contributed by atoms with E-state index in [1.807, 2.05) is 0 Å². The van der Waals surface area contributed by atoms with Crippen molar-refractivity contribution in [3.8, 4) is 0 Å². The number of hydrogen-bond donors (Lipinski definition) is 1. The van der Waals surface area contributed by atoms with Crippen LogP contribution in [-0.2, 0) is 0 Å². The van der Waals surface area contributed by atoms with E-state index < -0.39 is 11.9 Å². The number of nitrogens with zero attached hydrogens (tertiary/aromatic N) is 1. The number of rotatable bonds is 2. The summed E-state index contributed by atoms with van der Waals surface area (Å²) >= 11 is 0. The van der Waals surface area contributed by atoms with Crippen molar-refractivity contribution in [1.29, 1.82) is 0 Å². The monoisotopic (exact) mass is 235 g/mol. The normalized spacial score (nSPS) is 12.5. The Morgan fingerprint density at radius 3 is 2.59 bits per heavy atom. The van der Waals surface area contributed by atoms with Crippen molar-refractivity contribution in [2.45, 2.75) is 13.0 Å². The highest BCUT2D eigenvalue weighted by atomic mass is 19.1. The molecule has 2 rings (SSSR count). The molecule has 0 aliphatic rings. The summed E-state index contributed by atoms with van der Waals surface area (Å²) in [7, 11) is 0. The summed E-state index contributed by atoms with van der Waals surface area (Å²) in [6, 6.07) is 5.60. The van der Waals surface area contributed by atoms with Gasteiger partial charge in [-0.15, -0.1) is 0 Å². The minimum absolute atomic E-state index is 0.131. The van der Waals surface area contributed by atoms with Gasteiger partial charge in [-0.05, 0) is 30.2 Å². The first kappa shape index (κ1) is 11.7. The van der Waals surface area contributed by atoms with Gasteiger partial charge in [0.1, 0.15) is 17.7 Å². The van der Waals surface area contributed by atoms with Crippen LogP contribution in [0.2, 0.25) is 0 Å². The summed E-state index contributed by atoms with van der Waals surface area (Å²) in [6.07, 6.45) is 1.32. The number of pyridine rings is 1. The van der Waals surface area contributed by atoms with Gasteiger partial charge in [-0.3, -0.25) is 4.98 Å². The van der Waals surface area contributed by atoms with Crippen LogP contribution in [0.3, 0.4) is 0 Å². The molecule has 0 amide bonds. The molecular formula is C13H11F2NO. The van der Waals surface area contributed by atoms with Crippen LogP contribution in [0.5, 0.6) is 0 Å². The number of aliphatic hydroxyl groups is 1. The molecule has 1 heterocycles. The van der Waals surface area contributed by atoms with Crippen molar-refractivity contribution >= 4 is 0 Å². The van der Waals surface area contributed by atoms with Crippen molar-refractivity contribution < 1.29 is 13.9 Å². The third-order valence-electron chi connectivity index (χ3n) is 2.60. The molecule has 0 aliphatic heterocycles. The van der Waals surface area contributed by atoms with Crippen molar-refractivity contribution in [2.75, 3.05) is 0 Å². The third-order valence-corrected chi connectivity index (χ3v) is 2.60. The highest BCUT2D eigenvalue weighted by Gasteiger charge is 2.15. The van der Waals surface area contributed by atoms with Crippen molar-refractivity contribution in [3.05, 3.63) is 65.0 Å². The highest BCUT2D eigenvalue weighted by Crippen LogP contribution is 2.24. The summed E-state index contributed by atoms with van der Waals surface area (Å²) in [4.78, 5) is 3.61. The largest absolute Gasteiger partial charge is 0.384 e. The molecule has 0 aliphatic carbocycles. The maximum absolute atomic E-state index is 13.4. The van der Waals surface area contributed by atoms with Gasteiger partial charge < -0.3 is 5.11 Å². The van der Waals surface area contributed by atoms with E-state index >= 15 is 0 Å². The number of halogens is 2. The first-order valence-corrected chi connectivity index (χ1v) is 5.13. The lowest BCUT2D eigenvalue weighted by atomic mass is 10.0. The van der Waals surface area contributed by atoms with Gasteiger partial charge in [0.05, 0.1) is 6.20 Å². The summed E-state index contributed by atoms with van der Waals surface area (Å²) in [5, 5.41) is 10.00. The number of aryl methyl sites for hydroxylation is 1. The molecule has 1 N–H and O–H groups in total. The van der Waals surface area contributed by atoms with Gasteiger partial charge in [0.2, 0.25) is 0 Å². The molecule has 88 valence electrons. The minimum atomic E-state index is -1.11. The fourth-order valence-electron chi connectivity index (χ4n) is 1.63. The molecule has 1 aromatic heterocycles. The Morgan fingerprint density at radius 2 is 1.94 bits per heavy atom. The Morgan fingerprint density at radius 1 is 1.18 bits per heavy atom. The predicted molar refractivity (Wildman–Crippen MR) is 59.4 cm³/mol. The number of benzene rings is 1. The van der Waals surface area contributed by atoms with E-state index in [1.54, 1.807) is 6.92 Å². The van der Waals surface area contributed by atoms with Crippen molar-refractivity contribution in [2.24, 2.45) is 0 Å². The first-order valence-electron chi connectivity index (χ1n) is 5.13. The molecule has 4 heteroatoms. The van der Waals surface area contributed by atoms with Crippen LogP contribution in [0.15, 0.2) is 36.7 Å². The van der Waals surface area contributed by atoms with Gasteiger partial charge in [0.15, 0.2) is 0 Å². The van der Waals surface area contributed by atoms with E-state index in [9.17, 15) is 13.9 Å². The first-order chi connectivity index (χ1) is 8.09. The molecule has 0 bridgehead atoms. The molecular weight excluding hydrogens is 224 g/mol. The van der Waals surface area contributed by atoms with E-state index in [4.69, 9.17) is 0 Å². The fourth-order valence-corrected chi connectivity index (χ4v) is 1.63. The van der Waals surface area contributed by atoms with Crippen LogP contribution in [0, 0.1) is 18.6 Å². The lowest BCUT2D eigenvalue weighted by molar-refractivity contribution is 0.214. The van der Waals surface area contributed by atoms with Gasteiger partial charge >= 0.3 is 0 Å². The zero-order valence-corrected chi connectivity index (χ0v) is 9.19. The van der Waals surface area contributed by atoms with Crippen molar-refractivity contribution in [3.63, 3.8) is 0 Å². The smallest absolute Gasteiger partial charge is 0.147 e. The molecule has 0 spiro atoms. The molecule has 2 nitrogen and oxygen atoms in total. The van der Waals surface area contributed by atoms with Crippen LogP contribution >= 0.6 is 0 Å². The highest BCUT2D eigenvalue weighted by molar-refractivity contribution is 5.32. The van der Waals surface area contributed by atoms with E-state index in [0.29, 0.717) is 11.1 Å². The fraction of sp³-hybridized carbons (Fsp3) is 0.154. The summed E-state index contributed by atoms with van der Waals surface area (Å²) in [5.41, 5.74) is 0.996. The van der Waals surface area contributed by atoms with Gasteiger partial charge in [-0.1, -0.05) is 12.1 Å². The SMILES string of the molecule is Cc1cc(C(O)c2ccncc2F)ccc1F. The van der Waals surface area contributed by atoms with Gasteiger partial charge in [-0.2, -0.15) is 0 Å². The van der Waals surface area contributed by atoms with Gasteiger partial charge in [-0.25, -0.2) is 8.78 Å². The number of hydrogen-bond acceptors (Lipinski definition) is 2.